The lowest BCUT2D eigenvalue weighted by atomic mass is 10.1. The van der Waals surface area contributed by atoms with Crippen molar-refractivity contribution in [3.63, 3.8) is 0 Å². The normalized spacial score (nSPS) is 11.4. The van der Waals surface area contributed by atoms with Gasteiger partial charge in [-0.25, -0.2) is 0 Å². The van der Waals surface area contributed by atoms with Crippen LogP contribution >= 0.6 is 23.1 Å². The van der Waals surface area contributed by atoms with E-state index in [1.54, 1.807) is 29.2 Å². The quantitative estimate of drug-likeness (QED) is 0.229. The van der Waals surface area contributed by atoms with E-state index >= 15 is 0 Å². The lowest BCUT2D eigenvalue weighted by molar-refractivity contribution is 0.104. The van der Waals surface area contributed by atoms with Crippen LogP contribution in [0.2, 0.25) is 0 Å². The third kappa shape index (κ3) is 5.02. The molecule has 3 rings (SSSR count). The van der Waals surface area contributed by atoms with Gasteiger partial charge in [-0.15, -0.1) is 23.1 Å². The van der Waals surface area contributed by atoms with Crippen molar-refractivity contribution < 1.29 is 4.79 Å². The molecule has 4 heteroatoms. The molecule has 3 aromatic rings. The van der Waals surface area contributed by atoms with Gasteiger partial charge in [0.1, 0.15) is 0 Å². The highest BCUT2D eigenvalue weighted by Gasteiger charge is 2.01. The van der Waals surface area contributed by atoms with Gasteiger partial charge in [0.15, 0.2) is 5.78 Å². The summed E-state index contributed by atoms with van der Waals surface area (Å²) in [6.45, 7) is 0. The molecule has 0 aliphatic rings. The zero-order valence-corrected chi connectivity index (χ0v) is 15.4. The highest BCUT2D eigenvalue weighted by molar-refractivity contribution is 7.98. The maximum atomic E-state index is 12.3. The molecule has 124 valence electrons. The molecular weight excluding hydrogens is 346 g/mol. The Morgan fingerprint density at radius 2 is 1.80 bits per heavy atom. The molecule has 0 atom stereocenters. The summed E-state index contributed by atoms with van der Waals surface area (Å²) in [4.78, 5) is 19.0. The summed E-state index contributed by atoms with van der Waals surface area (Å²) in [6, 6.07) is 19.5. The van der Waals surface area contributed by atoms with Crippen LogP contribution in [0.3, 0.4) is 0 Å². The second-order valence-electron chi connectivity index (χ2n) is 5.29. The molecular formula is C21H17NOS2. The number of rotatable bonds is 6. The summed E-state index contributed by atoms with van der Waals surface area (Å²) in [5.74, 6) is -0.0114. The van der Waals surface area contributed by atoms with E-state index in [4.69, 9.17) is 0 Å². The van der Waals surface area contributed by atoms with Crippen LogP contribution in [0.1, 0.15) is 20.8 Å². The fourth-order valence-electron chi connectivity index (χ4n) is 2.20. The van der Waals surface area contributed by atoms with Crippen LogP contribution in [0.5, 0.6) is 0 Å². The maximum Gasteiger partial charge on any atom is 0.185 e. The van der Waals surface area contributed by atoms with Crippen LogP contribution in [0.4, 0.5) is 5.69 Å². The van der Waals surface area contributed by atoms with Crippen LogP contribution in [-0.2, 0) is 0 Å². The van der Waals surface area contributed by atoms with Crippen LogP contribution < -0.4 is 0 Å². The first-order chi connectivity index (χ1) is 12.2. The Labute approximate surface area is 156 Å². The third-order valence-corrected chi connectivity index (χ3v) is 5.13. The fourth-order valence-corrected chi connectivity index (χ4v) is 3.19. The third-order valence-electron chi connectivity index (χ3n) is 3.58. The van der Waals surface area contributed by atoms with Gasteiger partial charge in [-0.05, 0) is 65.7 Å². The lowest BCUT2D eigenvalue weighted by Gasteiger charge is -1.99. The first-order valence-corrected chi connectivity index (χ1v) is 9.89. The molecule has 0 aliphatic heterocycles. The molecule has 0 amide bonds. The minimum atomic E-state index is -0.0114. The number of carbonyl (C=O) groups excluding carboxylic acids is 1. The first-order valence-electron chi connectivity index (χ1n) is 7.79. The average Bonchev–Trinajstić information content (AvgIpc) is 3.19. The molecule has 25 heavy (non-hydrogen) atoms. The van der Waals surface area contributed by atoms with E-state index in [0.717, 1.165) is 16.1 Å². The van der Waals surface area contributed by atoms with Gasteiger partial charge in [-0.1, -0.05) is 24.3 Å². The van der Waals surface area contributed by atoms with Gasteiger partial charge in [-0.2, -0.15) is 0 Å². The van der Waals surface area contributed by atoms with Crippen molar-refractivity contribution in [1.29, 1.82) is 0 Å². The number of thiophene rings is 1. The van der Waals surface area contributed by atoms with Gasteiger partial charge in [-0.3, -0.25) is 9.79 Å². The molecule has 0 spiro atoms. The Balaban J connectivity index is 1.64. The molecule has 2 aromatic carbocycles. The van der Waals surface area contributed by atoms with Crippen LogP contribution in [0, 0.1) is 0 Å². The van der Waals surface area contributed by atoms with E-state index in [0.29, 0.717) is 5.56 Å². The number of ketones is 1. The summed E-state index contributed by atoms with van der Waals surface area (Å²) in [7, 11) is 0. The highest BCUT2D eigenvalue weighted by atomic mass is 32.2. The average molecular weight is 364 g/mol. The lowest BCUT2D eigenvalue weighted by Crippen LogP contribution is -1.93. The predicted octanol–water partition coefficient (Wildman–Crippen LogP) is 6.12. The zero-order chi connectivity index (χ0) is 17.5. The minimum absolute atomic E-state index is 0.0114. The van der Waals surface area contributed by atoms with Crippen LogP contribution in [-0.4, -0.2) is 18.3 Å². The minimum Gasteiger partial charge on any atom is -0.289 e. The van der Waals surface area contributed by atoms with Gasteiger partial charge in [0.25, 0.3) is 0 Å². The van der Waals surface area contributed by atoms with E-state index in [2.05, 4.69) is 17.1 Å². The highest BCUT2D eigenvalue weighted by Crippen LogP contribution is 2.17. The summed E-state index contributed by atoms with van der Waals surface area (Å²) in [6.07, 6.45) is 7.33. The summed E-state index contributed by atoms with van der Waals surface area (Å²) in [5.41, 5.74) is 2.51. The first kappa shape index (κ1) is 17.4. The van der Waals surface area contributed by atoms with E-state index in [9.17, 15) is 4.79 Å². The molecule has 0 aliphatic carbocycles. The number of thioether (sulfide) groups is 1. The smallest absolute Gasteiger partial charge is 0.185 e. The van der Waals surface area contributed by atoms with Crippen molar-refractivity contribution in [3.8, 4) is 0 Å². The number of hydrogen-bond donors (Lipinski definition) is 0. The van der Waals surface area contributed by atoms with Gasteiger partial charge in [0, 0.05) is 21.6 Å². The number of allylic oxidation sites excluding steroid dienone is 1. The number of nitrogens with zero attached hydrogens (tertiary/aromatic N) is 1. The van der Waals surface area contributed by atoms with Crippen molar-refractivity contribution >= 4 is 46.9 Å². The number of aliphatic imine (C=N–C) groups is 1. The van der Waals surface area contributed by atoms with Gasteiger partial charge in [0.05, 0.1) is 5.69 Å². The second kappa shape index (κ2) is 8.60. The molecule has 1 aromatic heterocycles. The molecule has 0 saturated carbocycles. The molecule has 0 bridgehead atoms. The molecule has 0 saturated heterocycles. The maximum absolute atomic E-state index is 12.3. The van der Waals surface area contributed by atoms with E-state index in [-0.39, 0.29) is 5.78 Å². The van der Waals surface area contributed by atoms with E-state index < -0.39 is 0 Å². The van der Waals surface area contributed by atoms with Crippen LogP contribution in [0.25, 0.3) is 6.08 Å². The molecule has 0 radical (unpaired) electrons. The SMILES string of the molecule is CSc1ccc(/C=C/C(=O)c2ccc(N=Cc3cccs3)cc2)cc1. The zero-order valence-electron chi connectivity index (χ0n) is 13.8. The molecule has 2 nitrogen and oxygen atoms in total. The van der Waals surface area contributed by atoms with Crippen molar-refractivity contribution in [2.75, 3.05) is 6.26 Å². The predicted molar refractivity (Wildman–Crippen MR) is 110 cm³/mol. The van der Waals surface area contributed by atoms with E-state index in [1.807, 2.05) is 72.5 Å². The Morgan fingerprint density at radius 1 is 1.04 bits per heavy atom. The summed E-state index contributed by atoms with van der Waals surface area (Å²) in [5, 5.41) is 2.02. The van der Waals surface area contributed by atoms with Gasteiger partial charge >= 0.3 is 0 Å². The molecule has 0 N–H and O–H groups in total. The molecule has 1 heterocycles. The molecule has 0 unspecified atom stereocenters. The second-order valence-corrected chi connectivity index (χ2v) is 7.15. The van der Waals surface area contributed by atoms with Crippen molar-refractivity contribution in [2.24, 2.45) is 4.99 Å². The van der Waals surface area contributed by atoms with Crippen molar-refractivity contribution in [1.82, 2.24) is 0 Å². The Hall–Kier alpha value is -2.43. The Bertz CT molecular complexity index is 877. The summed E-state index contributed by atoms with van der Waals surface area (Å²) < 4.78 is 0. The summed E-state index contributed by atoms with van der Waals surface area (Å²) >= 11 is 3.34. The van der Waals surface area contributed by atoms with Crippen molar-refractivity contribution in [3.05, 3.63) is 88.1 Å². The molecule has 0 fully saturated rings. The topological polar surface area (TPSA) is 29.4 Å². The monoisotopic (exact) mass is 363 g/mol. The number of carbonyl (C=O) groups is 1. The van der Waals surface area contributed by atoms with Gasteiger partial charge in [0.2, 0.25) is 0 Å². The Kier molecular flexibility index (Phi) is 5.99. The standard InChI is InChI=1S/C21H17NOS2/c1-24-19-11-4-16(5-12-19)6-13-21(23)17-7-9-18(10-8-17)22-15-20-3-2-14-25-20/h2-15H,1H3/b13-6+,22-15?. The van der Waals surface area contributed by atoms with Crippen LogP contribution in [0.15, 0.2) is 82.0 Å². The number of benzene rings is 2. The fraction of sp³-hybridized carbons (Fsp3) is 0.0476. The largest absolute Gasteiger partial charge is 0.289 e. The van der Waals surface area contributed by atoms with Gasteiger partial charge < -0.3 is 0 Å². The Morgan fingerprint density at radius 3 is 2.44 bits per heavy atom. The number of hydrogen-bond acceptors (Lipinski definition) is 4. The van der Waals surface area contributed by atoms with E-state index in [1.165, 1.54) is 4.90 Å². The van der Waals surface area contributed by atoms with Crippen molar-refractivity contribution in [2.45, 2.75) is 4.90 Å².